The topological polar surface area (TPSA) is 84.7 Å². The summed E-state index contributed by atoms with van der Waals surface area (Å²) in [6.07, 6.45) is 2.97. The molecule has 0 radical (unpaired) electrons. The van der Waals surface area contributed by atoms with Gasteiger partial charge in [0.2, 0.25) is 0 Å². The van der Waals surface area contributed by atoms with E-state index in [1.807, 2.05) is 6.92 Å². The van der Waals surface area contributed by atoms with Gasteiger partial charge in [-0.2, -0.15) is 0 Å². The lowest BCUT2D eigenvalue weighted by Gasteiger charge is -2.34. The number of nitrogens with zero attached hydrogens (tertiary/aromatic N) is 1. The molecule has 3 N–H and O–H groups in total. The number of esters is 1. The van der Waals surface area contributed by atoms with Gasteiger partial charge in [0.05, 0.1) is 12.6 Å². The number of carbonyl (C=O) groups is 2. The maximum atomic E-state index is 12.1. The molecule has 0 saturated carbocycles. The SMILES string of the molecule is CC[C@H](N)C(=O)N1CCC[C@@H](C(=O)OCC(C)(C)CC)N1. The summed E-state index contributed by atoms with van der Waals surface area (Å²) in [6.45, 7) is 9.03. The van der Waals surface area contributed by atoms with Crippen LogP contribution in [0.15, 0.2) is 0 Å². The molecular formula is C15H29N3O3. The molecule has 0 spiro atoms. The van der Waals surface area contributed by atoms with Crippen molar-refractivity contribution in [1.82, 2.24) is 10.4 Å². The fourth-order valence-electron chi connectivity index (χ4n) is 1.96. The van der Waals surface area contributed by atoms with E-state index < -0.39 is 12.1 Å². The average Bonchev–Trinajstić information content (AvgIpc) is 2.51. The highest BCUT2D eigenvalue weighted by Gasteiger charge is 2.31. The third kappa shape index (κ3) is 5.28. The monoisotopic (exact) mass is 299 g/mol. The van der Waals surface area contributed by atoms with E-state index in [1.165, 1.54) is 5.01 Å². The van der Waals surface area contributed by atoms with Gasteiger partial charge in [-0.15, -0.1) is 0 Å². The van der Waals surface area contributed by atoms with Crippen molar-refractivity contribution < 1.29 is 14.3 Å². The van der Waals surface area contributed by atoms with Gasteiger partial charge < -0.3 is 10.5 Å². The van der Waals surface area contributed by atoms with Gasteiger partial charge in [0.1, 0.15) is 6.04 Å². The van der Waals surface area contributed by atoms with Crippen LogP contribution < -0.4 is 11.2 Å². The number of hydrogen-bond donors (Lipinski definition) is 2. The largest absolute Gasteiger partial charge is 0.464 e. The maximum absolute atomic E-state index is 12.1. The summed E-state index contributed by atoms with van der Waals surface area (Å²) in [4.78, 5) is 24.2. The minimum Gasteiger partial charge on any atom is -0.464 e. The minimum atomic E-state index is -0.522. The Balaban J connectivity index is 2.52. The van der Waals surface area contributed by atoms with Gasteiger partial charge >= 0.3 is 5.97 Å². The third-order valence-corrected chi connectivity index (χ3v) is 4.06. The number of nitrogens with two attached hydrogens (primary N) is 1. The van der Waals surface area contributed by atoms with E-state index in [-0.39, 0.29) is 17.3 Å². The maximum Gasteiger partial charge on any atom is 0.324 e. The lowest BCUT2D eigenvalue weighted by molar-refractivity contribution is -0.154. The van der Waals surface area contributed by atoms with Gasteiger partial charge in [-0.05, 0) is 31.1 Å². The summed E-state index contributed by atoms with van der Waals surface area (Å²) in [5.41, 5.74) is 8.68. The number of carbonyl (C=O) groups excluding carboxylic acids is 2. The van der Waals surface area contributed by atoms with Gasteiger partial charge in [0, 0.05) is 6.54 Å². The molecule has 6 nitrogen and oxygen atoms in total. The molecule has 0 aliphatic carbocycles. The van der Waals surface area contributed by atoms with Crippen LogP contribution in [0.25, 0.3) is 0 Å². The van der Waals surface area contributed by atoms with Crippen LogP contribution in [0, 0.1) is 5.41 Å². The normalized spacial score (nSPS) is 21.0. The van der Waals surface area contributed by atoms with Crippen LogP contribution >= 0.6 is 0 Å². The van der Waals surface area contributed by atoms with Crippen molar-refractivity contribution in [1.29, 1.82) is 0 Å². The molecule has 1 saturated heterocycles. The third-order valence-electron chi connectivity index (χ3n) is 4.06. The Labute approximate surface area is 127 Å². The van der Waals surface area contributed by atoms with Crippen molar-refractivity contribution in [3.8, 4) is 0 Å². The first-order valence-corrected chi connectivity index (χ1v) is 7.80. The summed E-state index contributed by atoms with van der Waals surface area (Å²) in [6, 6.07) is -0.981. The minimum absolute atomic E-state index is 0.0234. The second kappa shape index (κ2) is 7.75. The number of ether oxygens (including phenoxy) is 1. The van der Waals surface area contributed by atoms with E-state index in [4.69, 9.17) is 10.5 Å². The van der Waals surface area contributed by atoms with Crippen molar-refractivity contribution in [3.63, 3.8) is 0 Å². The molecule has 0 aromatic carbocycles. The van der Waals surface area contributed by atoms with Crippen LogP contribution in [0.3, 0.4) is 0 Å². The smallest absolute Gasteiger partial charge is 0.324 e. The molecule has 1 amide bonds. The molecule has 0 aromatic rings. The van der Waals surface area contributed by atoms with Crippen molar-refractivity contribution in [2.24, 2.45) is 11.1 Å². The highest BCUT2D eigenvalue weighted by atomic mass is 16.5. The van der Waals surface area contributed by atoms with Gasteiger partial charge in [-0.1, -0.05) is 27.7 Å². The number of amides is 1. The second-order valence-electron chi connectivity index (χ2n) is 6.45. The Bertz CT molecular complexity index is 371. The second-order valence-corrected chi connectivity index (χ2v) is 6.45. The molecule has 1 aliphatic rings. The fraction of sp³-hybridized carbons (Fsp3) is 0.867. The lowest BCUT2D eigenvalue weighted by atomic mass is 9.92. The highest BCUT2D eigenvalue weighted by molar-refractivity contribution is 5.82. The van der Waals surface area contributed by atoms with E-state index in [0.717, 1.165) is 12.8 Å². The molecule has 1 aliphatic heterocycles. The standard InChI is InChI=1S/C15H29N3O3/c1-5-11(16)13(19)18-9-7-8-12(17-18)14(20)21-10-15(3,4)6-2/h11-12,17H,5-10,16H2,1-4H3/t11-,12-/m0/s1. The van der Waals surface area contributed by atoms with Crippen LogP contribution in [0.5, 0.6) is 0 Å². The summed E-state index contributed by atoms with van der Waals surface area (Å²) in [7, 11) is 0. The number of hydrogen-bond acceptors (Lipinski definition) is 5. The highest BCUT2D eigenvalue weighted by Crippen LogP contribution is 2.20. The van der Waals surface area contributed by atoms with E-state index in [0.29, 0.717) is 26.0 Å². The van der Waals surface area contributed by atoms with Crippen molar-refractivity contribution in [2.45, 2.75) is 65.5 Å². The first-order chi connectivity index (χ1) is 9.80. The molecule has 0 bridgehead atoms. The quantitative estimate of drug-likeness (QED) is 0.720. The molecule has 122 valence electrons. The first kappa shape index (κ1) is 17.9. The summed E-state index contributed by atoms with van der Waals surface area (Å²) in [5.74, 6) is -0.456. The zero-order valence-electron chi connectivity index (χ0n) is 13.6. The Kier molecular flexibility index (Phi) is 6.61. The van der Waals surface area contributed by atoms with Crippen molar-refractivity contribution >= 4 is 11.9 Å². The van der Waals surface area contributed by atoms with Gasteiger partial charge in [-0.25, -0.2) is 5.43 Å². The van der Waals surface area contributed by atoms with Crippen LogP contribution in [0.4, 0.5) is 0 Å². The Morgan fingerprint density at radius 1 is 1.43 bits per heavy atom. The molecule has 1 heterocycles. The predicted molar refractivity (Wildman–Crippen MR) is 81.2 cm³/mol. The van der Waals surface area contributed by atoms with E-state index in [2.05, 4.69) is 26.2 Å². The molecule has 21 heavy (non-hydrogen) atoms. The Hall–Kier alpha value is -1.14. The van der Waals surface area contributed by atoms with E-state index >= 15 is 0 Å². The Morgan fingerprint density at radius 3 is 2.67 bits per heavy atom. The van der Waals surface area contributed by atoms with E-state index in [1.54, 1.807) is 0 Å². The van der Waals surface area contributed by atoms with Crippen molar-refractivity contribution in [2.75, 3.05) is 13.2 Å². The fourth-order valence-corrected chi connectivity index (χ4v) is 1.96. The zero-order valence-corrected chi connectivity index (χ0v) is 13.6. The molecular weight excluding hydrogens is 270 g/mol. The predicted octanol–water partition coefficient (Wildman–Crippen LogP) is 1.20. The van der Waals surface area contributed by atoms with Crippen molar-refractivity contribution in [3.05, 3.63) is 0 Å². The van der Waals surface area contributed by atoms with Crippen LogP contribution in [0.2, 0.25) is 0 Å². The molecule has 6 heteroatoms. The van der Waals surface area contributed by atoms with Gasteiger partial charge in [0.15, 0.2) is 0 Å². The van der Waals surface area contributed by atoms with Gasteiger partial charge in [-0.3, -0.25) is 14.6 Å². The van der Waals surface area contributed by atoms with Crippen LogP contribution in [-0.2, 0) is 14.3 Å². The number of nitrogens with one attached hydrogen (secondary N) is 1. The Morgan fingerprint density at radius 2 is 2.10 bits per heavy atom. The average molecular weight is 299 g/mol. The summed E-state index contributed by atoms with van der Waals surface area (Å²) < 4.78 is 5.38. The zero-order chi connectivity index (χ0) is 16.0. The van der Waals surface area contributed by atoms with Gasteiger partial charge in [0.25, 0.3) is 5.91 Å². The molecule has 0 unspecified atom stereocenters. The summed E-state index contributed by atoms with van der Waals surface area (Å²) in [5, 5.41) is 1.47. The van der Waals surface area contributed by atoms with Crippen LogP contribution in [0.1, 0.15) is 53.4 Å². The molecule has 0 aromatic heterocycles. The molecule has 1 fully saturated rings. The molecule has 1 rings (SSSR count). The number of rotatable bonds is 6. The van der Waals surface area contributed by atoms with Crippen LogP contribution in [-0.4, -0.2) is 42.1 Å². The first-order valence-electron chi connectivity index (χ1n) is 7.80. The number of hydrazine groups is 1. The molecule has 2 atom stereocenters. The lowest BCUT2D eigenvalue weighted by Crippen LogP contribution is -2.58. The summed E-state index contributed by atoms with van der Waals surface area (Å²) >= 11 is 0. The van der Waals surface area contributed by atoms with E-state index in [9.17, 15) is 9.59 Å².